The molecule has 110 valence electrons. The summed E-state index contributed by atoms with van der Waals surface area (Å²) in [6, 6.07) is 0. The lowest BCUT2D eigenvalue weighted by Crippen LogP contribution is -2.27. The normalized spacial score (nSPS) is 15.5. The molecule has 0 spiro atoms. The van der Waals surface area contributed by atoms with Crippen molar-refractivity contribution in [2.75, 3.05) is 11.9 Å². The van der Waals surface area contributed by atoms with Crippen molar-refractivity contribution in [3.8, 4) is 0 Å². The monoisotopic (exact) mass is 296 g/mol. The minimum atomic E-state index is -1.03. The Labute approximate surface area is 122 Å². The summed E-state index contributed by atoms with van der Waals surface area (Å²) in [7, 11) is 1.64. The second kappa shape index (κ2) is 6.35. The van der Waals surface area contributed by atoms with Gasteiger partial charge in [0, 0.05) is 13.5 Å². The first-order valence-corrected chi connectivity index (χ1v) is 7.74. The highest BCUT2D eigenvalue weighted by molar-refractivity contribution is 7.11. The minimum Gasteiger partial charge on any atom is -0.478 e. The highest BCUT2D eigenvalue weighted by Crippen LogP contribution is 2.31. The van der Waals surface area contributed by atoms with Crippen molar-refractivity contribution in [2.24, 2.45) is 5.92 Å². The molecule has 20 heavy (non-hydrogen) atoms. The Morgan fingerprint density at radius 3 is 2.65 bits per heavy atom. The largest absolute Gasteiger partial charge is 0.478 e. The molecule has 1 aromatic rings. The van der Waals surface area contributed by atoms with Crippen molar-refractivity contribution < 1.29 is 14.7 Å². The van der Waals surface area contributed by atoms with Crippen molar-refractivity contribution >= 4 is 28.4 Å². The van der Waals surface area contributed by atoms with Crippen LogP contribution in [0.25, 0.3) is 0 Å². The average Bonchev–Trinajstić information content (AvgIpc) is 3.03. The predicted octanol–water partition coefficient (Wildman–Crippen LogP) is 3.08. The zero-order chi connectivity index (χ0) is 14.7. The van der Waals surface area contributed by atoms with E-state index in [0.717, 1.165) is 18.0 Å². The van der Waals surface area contributed by atoms with Gasteiger partial charge >= 0.3 is 5.97 Å². The molecule has 1 amide bonds. The second-order valence-electron chi connectivity index (χ2n) is 5.40. The van der Waals surface area contributed by atoms with E-state index < -0.39 is 5.97 Å². The minimum absolute atomic E-state index is 0.0250. The van der Waals surface area contributed by atoms with Crippen molar-refractivity contribution in [1.82, 2.24) is 4.37 Å². The molecule has 1 aliphatic rings. The summed E-state index contributed by atoms with van der Waals surface area (Å²) >= 11 is 1.07. The first-order valence-electron chi connectivity index (χ1n) is 6.96. The topological polar surface area (TPSA) is 70.5 Å². The quantitative estimate of drug-likeness (QED) is 0.906. The highest BCUT2D eigenvalue weighted by atomic mass is 32.1. The van der Waals surface area contributed by atoms with Crippen molar-refractivity contribution in [2.45, 2.75) is 45.4 Å². The van der Waals surface area contributed by atoms with Crippen molar-refractivity contribution in [1.29, 1.82) is 0 Å². The molecule has 0 unspecified atom stereocenters. The third-order valence-electron chi connectivity index (χ3n) is 3.98. The molecule has 0 aliphatic heterocycles. The fourth-order valence-corrected chi connectivity index (χ4v) is 3.61. The van der Waals surface area contributed by atoms with Gasteiger partial charge in [0.15, 0.2) is 0 Å². The van der Waals surface area contributed by atoms with Gasteiger partial charge in [-0.15, -0.1) is 0 Å². The van der Waals surface area contributed by atoms with Gasteiger partial charge in [-0.25, -0.2) is 4.79 Å². The first-order chi connectivity index (χ1) is 9.50. The maximum atomic E-state index is 12.2. The van der Waals surface area contributed by atoms with Crippen LogP contribution in [0.4, 0.5) is 5.00 Å². The van der Waals surface area contributed by atoms with E-state index in [1.165, 1.54) is 30.6 Å². The number of carboxylic acid groups (broad SMARTS) is 1. The van der Waals surface area contributed by atoms with Gasteiger partial charge in [-0.2, -0.15) is 4.37 Å². The van der Waals surface area contributed by atoms with E-state index in [1.807, 2.05) is 0 Å². The Morgan fingerprint density at radius 2 is 2.05 bits per heavy atom. The third-order valence-corrected chi connectivity index (χ3v) is 4.99. The number of hydrogen-bond donors (Lipinski definition) is 1. The summed E-state index contributed by atoms with van der Waals surface area (Å²) in [4.78, 5) is 24.9. The molecular weight excluding hydrogens is 276 g/mol. The zero-order valence-corrected chi connectivity index (χ0v) is 12.7. The van der Waals surface area contributed by atoms with Crippen molar-refractivity contribution in [3.63, 3.8) is 0 Å². The van der Waals surface area contributed by atoms with E-state index in [2.05, 4.69) is 4.37 Å². The maximum Gasteiger partial charge on any atom is 0.340 e. The standard InChI is InChI=1S/C14H20N2O3S/c1-9-12(14(18)19)13(20-15-9)16(2)11(17)8-7-10-5-3-4-6-10/h10H,3-8H2,1-2H3,(H,18,19). The highest BCUT2D eigenvalue weighted by Gasteiger charge is 2.24. The molecule has 1 fully saturated rings. The Balaban J connectivity index is 2.01. The van der Waals surface area contributed by atoms with Crippen LogP contribution < -0.4 is 4.90 Å². The third kappa shape index (κ3) is 3.17. The smallest absolute Gasteiger partial charge is 0.340 e. The van der Waals surface area contributed by atoms with Crippen LogP contribution in [0.3, 0.4) is 0 Å². The molecule has 0 aromatic carbocycles. The molecule has 5 nitrogen and oxygen atoms in total. The number of rotatable bonds is 5. The number of carbonyl (C=O) groups is 2. The lowest BCUT2D eigenvalue weighted by Gasteiger charge is -2.17. The maximum absolute atomic E-state index is 12.2. The van der Waals surface area contributed by atoms with E-state index in [9.17, 15) is 14.7 Å². The number of anilines is 1. The van der Waals surface area contributed by atoms with Crippen molar-refractivity contribution in [3.05, 3.63) is 11.3 Å². The molecule has 2 rings (SSSR count). The van der Waals surface area contributed by atoms with Crippen LogP contribution in [-0.2, 0) is 4.79 Å². The SMILES string of the molecule is Cc1nsc(N(C)C(=O)CCC2CCCC2)c1C(=O)O. The lowest BCUT2D eigenvalue weighted by atomic mass is 10.0. The Bertz CT molecular complexity index is 507. The summed E-state index contributed by atoms with van der Waals surface area (Å²) in [6.45, 7) is 1.65. The molecule has 0 bridgehead atoms. The van der Waals surface area contributed by atoms with Crippen LogP contribution in [0.15, 0.2) is 0 Å². The summed E-state index contributed by atoms with van der Waals surface area (Å²) in [5.74, 6) is -0.390. The Kier molecular flexibility index (Phi) is 4.75. The molecule has 1 aliphatic carbocycles. The van der Waals surface area contributed by atoms with Gasteiger partial charge < -0.3 is 10.0 Å². The van der Waals surface area contributed by atoms with Crippen LogP contribution in [0.2, 0.25) is 0 Å². The molecule has 0 atom stereocenters. The number of amides is 1. The van der Waals surface area contributed by atoms with E-state index in [0.29, 0.717) is 23.0 Å². The molecule has 0 saturated heterocycles. The molecule has 1 heterocycles. The van der Waals surface area contributed by atoms with Crippen LogP contribution >= 0.6 is 11.5 Å². The number of nitrogens with zero attached hydrogens (tertiary/aromatic N) is 2. The predicted molar refractivity (Wildman–Crippen MR) is 78.4 cm³/mol. The number of aromatic nitrogens is 1. The summed E-state index contributed by atoms with van der Waals surface area (Å²) in [5.41, 5.74) is 0.611. The molecule has 1 aromatic heterocycles. The van der Waals surface area contributed by atoms with Gasteiger partial charge in [0.05, 0.1) is 5.69 Å². The van der Waals surface area contributed by atoms with Gasteiger partial charge in [0.2, 0.25) is 5.91 Å². The zero-order valence-electron chi connectivity index (χ0n) is 11.9. The van der Waals surface area contributed by atoms with Gasteiger partial charge in [-0.1, -0.05) is 25.7 Å². The molecule has 1 saturated carbocycles. The number of carboxylic acids is 1. The van der Waals surface area contributed by atoms with Gasteiger partial charge in [-0.05, 0) is 30.8 Å². The van der Waals surface area contributed by atoms with Gasteiger partial charge in [0.1, 0.15) is 10.6 Å². The van der Waals surface area contributed by atoms with Crippen LogP contribution in [-0.4, -0.2) is 28.4 Å². The number of aryl methyl sites for hydroxylation is 1. The van der Waals surface area contributed by atoms with Gasteiger partial charge in [-0.3, -0.25) is 4.79 Å². The fraction of sp³-hybridized carbons (Fsp3) is 0.643. The lowest BCUT2D eigenvalue weighted by molar-refractivity contribution is -0.118. The average molecular weight is 296 g/mol. The van der Waals surface area contributed by atoms with E-state index >= 15 is 0 Å². The molecule has 0 radical (unpaired) electrons. The fourth-order valence-electron chi connectivity index (χ4n) is 2.74. The van der Waals surface area contributed by atoms with Crippen LogP contribution in [0.5, 0.6) is 0 Å². The molecular formula is C14H20N2O3S. The summed E-state index contributed by atoms with van der Waals surface area (Å²) in [6.07, 6.45) is 6.37. The van der Waals surface area contributed by atoms with E-state index in [1.54, 1.807) is 14.0 Å². The van der Waals surface area contributed by atoms with E-state index in [4.69, 9.17) is 0 Å². The van der Waals surface area contributed by atoms with Gasteiger partial charge in [0.25, 0.3) is 0 Å². The number of carbonyl (C=O) groups excluding carboxylic acids is 1. The molecule has 1 N–H and O–H groups in total. The van der Waals surface area contributed by atoms with E-state index in [-0.39, 0.29) is 11.5 Å². The summed E-state index contributed by atoms with van der Waals surface area (Å²) in [5, 5.41) is 9.63. The summed E-state index contributed by atoms with van der Waals surface area (Å²) < 4.78 is 4.05. The second-order valence-corrected chi connectivity index (χ2v) is 6.15. The van der Waals surface area contributed by atoms with Crippen LogP contribution in [0.1, 0.15) is 54.6 Å². The number of aromatic carboxylic acids is 1. The Morgan fingerprint density at radius 1 is 1.40 bits per heavy atom. The Hall–Kier alpha value is -1.43. The van der Waals surface area contributed by atoms with Crippen LogP contribution in [0, 0.1) is 12.8 Å². The number of hydrogen-bond acceptors (Lipinski definition) is 4. The first kappa shape index (κ1) is 15.0. The molecule has 6 heteroatoms.